The molecule has 0 radical (unpaired) electrons. The first kappa shape index (κ1) is 21.3. The zero-order chi connectivity index (χ0) is 23.7. The van der Waals surface area contributed by atoms with Gasteiger partial charge in [0.05, 0.1) is 22.8 Å². The molecule has 0 unspecified atom stereocenters. The van der Waals surface area contributed by atoms with Crippen LogP contribution in [0.5, 0.6) is 0 Å². The van der Waals surface area contributed by atoms with Gasteiger partial charge in [-0.25, -0.2) is 0 Å². The molecule has 0 amide bonds. The van der Waals surface area contributed by atoms with Gasteiger partial charge in [-0.1, -0.05) is 78.9 Å². The van der Waals surface area contributed by atoms with Crippen molar-refractivity contribution in [2.24, 2.45) is 0 Å². The predicted molar refractivity (Wildman–Crippen MR) is 132 cm³/mol. The molecule has 0 bridgehead atoms. The van der Waals surface area contributed by atoms with Crippen LogP contribution in [0.2, 0.25) is 0 Å². The van der Waals surface area contributed by atoms with Crippen molar-refractivity contribution in [3.8, 4) is 45.0 Å². The average Bonchev–Trinajstić information content (AvgIpc) is 3.51. The molecule has 0 aliphatic carbocycles. The minimum absolute atomic E-state index is 0.158. The number of carbonyl (C=O) groups is 2. The Morgan fingerprint density at radius 3 is 1.29 bits per heavy atom. The lowest BCUT2D eigenvalue weighted by Crippen LogP contribution is -2.09. The smallest absolute Gasteiger partial charge is 0.244 e. The van der Waals surface area contributed by atoms with E-state index in [2.05, 4.69) is 10.2 Å². The second-order valence-electron chi connectivity index (χ2n) is 8.00. The van der Waals surface area contributed by atoms with E-state index >= 15 is 0 Å². The molecule has 0 saturated heterocycles. The second kappa shape index (κ2) is 8.75. The van der Waals surface area contributed by atoms with Crippen LogP contribution in [0.4, 0.5) is 0 Å². The van der Waals surface area contributed by atoms with Crippen molar-refractivity contribution in [1.29, 1.82) is 0 Å². The molecule has 2 heterocycles. The summed E-state index contributed by atoms with van der Waals surface area (Å²) in [5, 5.41) is 9.15. The molecule has 34 heavy (non-hydrogen) atoms. The molecule has 5 rings (SSSR count). The van der Waals surface area contributed by atoms with Gasteiger partial charge in [-0.2, -0.15) is 19.6 Å². The maximum absolute atomic E-state index is 12.3. The van der Waals surface area contributed by atoms with Gasteiger partial charge >= 0.3 is 0 Å². The molecule has 0 spiro atoms. The monoisotopic (exact) mass is 446 g/mol. The SMILES string of the molecule is CC(=O)n1nc(-c2cccc(-c3cc(-c4ccccc4)n(C(C)=O)n3)c2)cc1-c1ccccc1. The van der Waals surface area contributed by atoms with Crippen molar-refractivity contribution >= 4 is 11.8 Å². The summed E-state index contributed by atoms with van der Waals surface area (Å²) in [6.45, 7) is 3.00. The van der Waals surface area contributed by atoms with E-state index in [0.717, 1.165) is 33.6 Å². The Kier molecular flexibility index (Phi) is 5.47. The zero-order valence-electron chi connectivity index (χ0n) is 18.8. The number of nitrogens with zero attached hydrogens (tertiary/aromatic N) is 4. The lowest BCUT2D eigenvalue weighted by molar-refractivity contribution is 0.0915. The minimum atomic E-state index is -0.158. The normalized spacial score (nSPS) is 10.9. The summed E-state index contributed by atoms with van der Waals surface area (Å²) in [5.41, 5.74) is 6.39. The van der Waals surface area contributed by atoms with E-state index in [1.807, 2.05) is 97.1 Å². The maximum atomic E-state index is 12.3. The Labute approximate surface area is 197 Å². The number of aromatic nitrogens is 4. The van der Waals surface area contributed by atoms with E-state index in [-0.39, 0.29) is 11.8 Å². The minimum Gasteiger partial charge on any atom is -0.273 e. The van der Waals surface area contributed by atoms with Gasteiger partial charge in [0.2, 0.25) is 11.8 Å². The van der Waals surface area contributed by atoms with Crippen LogP contribution >= 0.6 is 0 Å². The van der Waals surface area contributed by atoms with Crippen LogP contribution in [-0.2, 0) is 0 Å². The van der Waals surface area contributed by atoms with Crippen LogP contribution < -0.4 is 0 Å². The number of hydrogen-bond acceptors (Lipinski definition) is 4. The molecule has 0 fully saturated rings. The van der Waals surface area contributed by atoms with Gasteiger partial charge in [-0.3, -0.25) is 9.59 Å². The lowest BCUT2D eigenvalue weighted by Gasteiger charge is -2.02. The Morgan fingerprint density at radius 1 is 0.529 bits per heavy atom. The second-order valence-corrected chi connectivity index (χ2v) is 8.00. The van der Waals surface area contributed by atoms with Crippen molar-refractivity contribution in [3.05, 3.63) is 97.1 Å². The highest BCUT2D eigenvalue weighted by Crippen LogP contribution is 2.31. The molecule has 0 saturated carbocycles. The maximum Gasteiger partial charge on any atom is 0.244 e. The van der Waals surface area contributed by atoms with Crippen molar-refractivity contribution in [3.63, 3.8) is 0 Å². The van der Waals surface area contributed by atoms with Crippen molar-refractivity contribution in [2.75, 3.05) is 0 Å². The van der Waals surface area contributed by atoms with Gasteiger partial charge in [0, 0.05) is 36.1 Å². The van der Waals surface area contributed by atoms with Crippen LogP contribution in [0.15, 0.2) is 97.1 Å². The highest BCUT2D eigenvalue weighted by molar-refractivity contribution is 5.85. The Bertz CT molecular complexity index is 1390. The average molecular weight is 447 g/mol. The van der Waals surface area contributed by atoms with E-state index < -0.39 is 0 Å². The molecule has 0 aliphatic rings. The molecule has 0 aliphatic heterocycles. The third kappa shape index (κ3) is 3.97. The van der Waals surface area contributed by atoms with E-state index in [1.54, 1.807) is 0 Å². The molecule has 6 heteroatoms. The van der Waals surface area contributed by atoms with Crippen LogP contribution in [0.1, 0.15) is 23.4 Å². The van der Waals surface area contributed by atoms with Crippen LogP contribution in [0, 0.1) is 0 Å². The van der Waals surface area contributed by atoms with Crippen LogP contribution in [0.3, 0.4) is 0 Å². The first-order valence-corrected chi connectivity index (χ1v) is 10.9. The third-order valence-corrected chi connectivity index (χ3v) is 5.61. The Hall–Kier alpha value is -4.58. The summed E-state index contributed by atoms with van der Waals surface area (Å²) in [6, 6.07) is 31.1. The van der Waals surface area contributed by atoms with Crippen LogP contribution in [-0.4, -0.2) is 31.4 Å². The number of benzene rings is 3. The summed E-state index contributed by atoms with van der Waals surface area (Å²) in [6.07, 6.45) is 0. The topological polar surface area (TPSA) is 69.8 Å². The van der Waals surface area contributed by atoms with Crippen molar-refractivity contribution in [2.45, 2.75) is 13.8 Å². The molecule has 2 aromatic heterocycles. The van der Waals surface area contributed by atoms with Crippen molar-refractivity contribution < 1.29 is 9.59 Å². The molecule has 0 N–H and O–H groups in total. The summed E-state index contributed by atoms with van der Waals surface area (Å²) in [7, 11) is 0. The summed E-state index contributed by atoms with van der Waals surface area (Å²) in [4.78, 5) is 24.5. The quantitative estimate of drug-likeness (QED) is 0.336. The molecule has 166 valence electrons. The van der Waals surface area contributed by atoms with E-state index in [0.29, 0.717) is 11.4 Å². The summed E-state index contributed by atoms with van der Waals surface area (Å²) < 4.78 is 2.85. The molecule has 6 nitrogen and oxygen atoms in total. The molecular weight excluding hydrogens is 424 g/mol. The largest absolute Gasteiger partial charge is 0.273 e. The highest BCUT2D eigenvalue weighted by atomic mass is 16.2. The van der Waals surface area contributed by atoms with Gasteiger partial charge < -0.3 is 0 Å². The lowest BCUT2D eigenvalue weighted by atomic mass is 10.0. The molecule has 0 atom stereocenters. The van der Waals surface area contributed by atoms with Crippen LogP contribution in [0.25, 0.3) is 45.0 Å². The van der Waals surface area contributed by atoms with Gasteiger partial charge in [0.15, 0.2) is 0 Å². The highest BCUT2D eigenvalue weighted by Gasteiger charge is 2.17. The van der Waals surface area contributed by atoms with Gasteiger partial charge in [-0.05, 0) is 18.2 Å². The fourth-order valence-corrected chi connectivity index (χ4v) is 3.99. The predicted octanol–water partition coefficient (Wildman–Crippen LogP) is 6.07. The first-order chi connectivity index (χ1) is 16.5. The van der Waals surface area contributed by atoms with Gasteiger partial charge in [0.25, 0.3) is 0 Å². The zero-order valence-corrected chi connectivity index (χ0v) is 18.8. The fourth-order valence-electron chi connectivity index (χ4n) is 3.99. The molecule has 5 aromatic rings. The Morgan fingerprint density at radius 2 is 0.912 bits per heavy atom. The number of rotatable bonds is 4. The fraction of sp³-hybridized carbons (Fsp3) is 0.0714. The Balaban J connectivity index is 1.58. The van der Waals surface area contributed by atoms with E-state index in [4.69, 9.17) is 0 Å². The van der Waals surface area contributed by atoms with Gasteiger partial charge in [-0.15, -0.1) is 0 Å². The summed E-state index contributed by atoms with van der Waals surface area (Å²) in [5.74, 6) is -0.317. The van der Waals surface area contributed by atoms with Gasteiger partial charge in [0.1, 0.15) is 0 Å². The number of carbonyl (C=O) groups excluding carboxylic acids is 2. The standard InChI is InChI=1S/C28H22N4O2/c1-19(33)31-27(21-10-5-3-6-11-21)17-25(29-31)23-14-9-15-24(16-23)26-18-28(32(30-26)20(2)34)22-12-7-4-8-13-22/h3-18H,1-2H3. The summed E-state index contributed by atoms with van der Waals surface area (Å²) >= 11 is 0. The van der Waals surface area contributed by atoms with E-state index in [1.165, 1.54) is 23.2 Å². The molecular formula is C28H22N4O2. The third-order valence-electron chi connectivity index (χ3n) is 5.61. The van der Waals surface area contributed by atoms with E-state index in [9.17, 15) is 9.59 Å². The molecule has 3 aromatic carbocycles. The van der Waals surface area contributed by atoms with Crippen molar-refractivity contribution in [1.82, 2.24) is 19.6 Å². The number of hydrogen-bond donors (Lipinski definition) is 0. The first-order valence-electron chi connectivity index (χ1n) is 10.9.